The van der Waals surface area contributed by atoms with Crippen LogP contribution < -0.4 is 4.89 Å². The van der Waals surface area contributed by atoms with Crippen LogP contribution >= 0.6 is 7.60 Å². The Morgan fingerprint density at radius 1 is 1.32 bits per heavy atom. The third-order valence-corrected chi connectivity index (χ3v) is 4.46. The van der Waals surface area contributed by atoms with E-state index < -0.39 is 25.6 Å². The normalized spacial score (nSPS) is 15.1. The van der Waals surface area contributed by atoms with Crippen molar-refractivity contribution in [2.24, 2.45) is 5.92 Å². The van der Waals surface area contributed by atoms with E-state index in [2.05, 4.69) is 0 Å². The summed E-state index contributed by atoms with van der Waals surface area (Å²) in [6.07, 6.45) is 2.50. The highest BCUT2D eigenvalue weighted by Crippen LogP contribution is 2.35. The van der Waals surface area contributed by atoms with E-state index >= 15 is 0 Å². The minimum Gasteiger partial charge on any atom is -0.779 e. The summed E-state index contributed by atoms with van der Waals surface area (Å²) in [5.41, 5.74) is 1.21. The highest BCUT2D eigenvalue weighted by atomic mass is 31.2. The van der Waals surface area contributed by atoms with Crippen LogP contribution in [-0.4, -0.2) is 34.3 Å². The molecule has 0 aromatic heterocycles. The lowest BCUT2D eigenvalue weighted by Gasteiger charge is -2.23. The number of amides is 1. The number of carbonyl (C=O) groups excluding carboxylic acids is 1. The predicted molar refractivity (Wildman–Crippen MR) is 81.4 cm³/mol. The minimum absolute atomic E-state index is 0.0921. The predicted octanol–water partition coefficient (Wildman–Crippen LogP) is 1.80. The molecule has 1 rings (SSSR count). The van der Waals surface area contributed by atoms with Crippen LogP contribution in [0.4, 0.5) is 0 Å². The van der Waals surface area contributed by atoms with Crippen molar-refractivity contribution in [2.45, 2.75) is 32.1 Å². The van der Waals surface area contributed by atoms with Crippen LogP contribution in [-0.2, 0) is 15.8 Å². The molecule has 1 aromatic rings. The maximum absolute atomic E-state index is 11.5. The van der Waals surface area contributed by atoms with Gasteiger partial charge in [0, 0.05) is 19.6 Å². The zero-order valence-electron chi connectivity index (χ0n) is 12.7. The van der Waals surface area contributed by atoms with Gasteiger partial charge in [-0.05, 0) is 30.7 Å². The van der Waals surface area contributed by atoms with Gasteiger partial charge in [0.05, 0.1) is 0 Å². The number of unbranched alkanes of at least 4 members (excludes halogenated alkanes) is 1. The van der Waals surface area contributed by atoms with Gasteiger partial charge in [0.2, 0.25) is 5.91 Å². The van der Waals surface area contributed by atoms with Crippen molar-refractivity contribution in [1.82, 2.24) is 5.06 Å². The number of carbonyl (C=O) groups is 1. The molecule has 7 heteroatoms. The van der Waals surface area contributed by atoms with Gasteiger partial charge in [-0.15, -0.1) is 0 Å². The Hall–Kier alpha value is -1.20. The molecule has 0 fully saturated rings. The molecule has 1 aromatic carbocycles. The average molecular weight is 328 g/mol. The van der Waals surface area contributed by atoms with Crippen LogP contribution in [0.15, 0.2) is 30.3 Å². The SMILES string of the molecule is CN(O)C(=O)CC(CCCCc1ccccc1)CP(=O)([O-])O. The smallest absolute Gasteiger partial charge is 0.245 e. The minimum atomic E-state index is -4.42. The van der Waals surface area contributed by atoms with Gasteiger partial charge < -0.3 is 14.4 Å². The van der Waals surface area contributed by atoms with E-state index in [0.29, 0.717) is 11.5 Å². The summed E-state index contributed by atoms with van der Waals surface area (Å²) in [4.78, 5) is 31.5. The van der Waals surface area contributed by atoms with Crippen molar-refractivity contribution in [3.63, 3.8) is 0 Å². The summed E-state index contributed by atoms with van der Waals surface area (Å²) in [7, 11) is -3.22. The van der Waals surface area contributed by atoms with E-state index in [1.165, 1.54) is 12.6 Å². The summed E-state index contributed by atoms with van der Waals surface area (Å²) in [5.74, 6) is -1.03. The number of hydroxylamine groups is 2. The Bertz CT molecular complexity index is 500. The standard InChI is InChI=1S/C15H24NO5P/c1-16(18)15(17)11-14(12-22(19,20)21)10-6-5-9-13-7-3-2-4-8-13/h2-4,7-8,14,18H,5-6,9-12H2,1H3,(H2,19,20,21)/p-1. The molecule has 0 aliphatic carbocycles. The van der Waals surface area contributed by atoms with E-state index in [9.17, 15) is 14.3 Å². The maximum Gasteiger partial charge on any atom is 0.245 e. The Kier molecular flexibility index (Phi) is 7.76. The highest BCUT2D eigenvalue weighted by molar-refractivity contribution is 7.50. The van der Waals surface area contributed by atoms with Crippen molar-refractivity contribution in [3.05, 3.63) is 35.9 Å². The molecule has 6 nitrogen and oxygen atoms in total. The largest absolute Gasteiger partial charge is 0.779 e. The van der Waals surface area contributed by atoms with Gasteiger partial charge in [0.1, 0.15) is 7.60 Å². The Morgan fingerprint density at radius 2 is 1.95 bits per heavy atom. The van der Waals surface area contributed by atoms with E-state index in [4.69, 9.17) is 10.1 Å². The zero-order chi connectivity index (χ0) is 16.6. The lowest BCUT2D eigenvalue weighted by molar-refractivity contribution is -0.194. The van der Waals surface area contributed by atoms with Gasteiger partial charge >= 0.3 is 0 Å². The average Bonchev–Trinajstić information content (AvgIpc) is 2.42. The first kappa shape index (κ1) is 18.8. The molecular weight excluding hydrogens is 305 g/mol. The molecule has 0 radical (unpaired) electrons. The fourth-order valence-corrected chi connectivity index (χ4v) is 3.33. The van der Waals surface area contributed by atoms with Gasteiger partial charge in [0.15, 0.2) is 0 Å². The molecule has 124 valence electrons. The molecule has 22 heavy (non-hydrogen) atoms. The molecule has 0 aliphatic rings. The van der Waals surface area contributed by atoms with Crippen molar-refractivity contribution >= 4 is 13.5 Å². The summed E-state index contributed by atoms with van der Waals surface area (Å²) >= 11 is 0. The van der Waals surface area contributed by atoms with Gasteiger partial charge in [-0.1, -0.05) is 36.8 Å². The molecule has 0 spiro atoms. The molecule has 0 aliphatic heterocycles. The van der Waals surface area contributed by atoms with E-state index in [1.807, 2.05) is 30.3 Å². The van der Waals surface area contributed by atoms with Crippen LogP contribution in [0, 0.1) is 5.92 Å². The second kappa shape index (κ2) is 9.06. The molecular formula is C15H23NO5P-. The molecule has 2 atom stereocenters. The number of rotatable bonds is 9. The van der Waals surface area contributed by atoms with Crippen LogP contribution in [0.3, 0.4) is 0 Å². The molecule has 0 bridgehead atoms. The first-order valence-electron chi connectivity index (χ1n) is 7.30. The Morgan fingerprint density at radius 3 is 2.50 bits per heavy atom. The quantitative estimate of drug-likeness (QED) is 0.311. The van der Waals surface area contributed by atoms with Crippen molar-refractivity contribution in [3.8, 4) is 0 Å². The van der Waals surface area contributed by atoms with Crippen LogP contribution in [0.25, 0.3) is 0 Å². The van der Waals surface area contributed by atoms with Crippen molar-refractivity contribution in [2.75, 3.05) is 13.2 Å². The van der Waals surface area contributed by atoms with Gasteiger partial charge in [-0.2, -0.15) is 0 Å². The second-order valence-corrected chi connectivity index (χ2v) is 7.18. The van der Waals surface area contributed by atoms with Crippen LogP contribution in [0.2, 0.25) is 0 Å². The lowest BCUT2D eigenvalue weighted by Crippen LogP contribution is -2.26. The van der Waals surface area contributed by atoms with Crippen molar-refractivity contribution in [1.29, 1.82) is 0 Å². The number of hydrogen-bond donors (Lipinski definition) is 2. The third-order valence-electron chi connectivity index (χ3n) is 3.48. The topological polar surface area (TPSA) is 101 Å². The molecule has 2 N–H and O–H groups in total. The Labute approximate surface area is 130 Å². The Balaban J connectivity index is 2.43. The molecule has 0 saturated heterocycles. The first-order valence-corrected chi connectivity index (χ1v) is 9.06. The van der Waals surface area contributed by atoms with Gasteiger partial charge in [0.25, 0.3) is 0 Å². The molecule has 2 unspecified atom stereocenters. The van der Waals surface area contributed by atoms with Gasteiger partial charge in [-0.3, -0.25) is 10.0 Å². The number of nitrogens with zero attached hydrogens (tertiary/aromatic N) is 1. The summed E-state index contributed by atoms with van der Waals surface area (Å²) in [6, 6.07) is 9.94. The summed E-state index contributed by atoms with van der Waals surface area (Å²) in [5, 5.41) is 9.51. The fraction of sp³-hybridized carbons (Fsp3) is 0.533. The van der Waals surface area contributed by atoms with E-state index in [1.54, 1.807) is 0 Å². The molecule has 0 saturated carbocycles. The monoisotopic (exact) mass is 328 g/mol. The van der Waals surface area contributed by atoms with Crippen LogP contribution in [0.1, 0.15) is 31.2 Å². The van der Waals surface area contributed by atoms with Crippen molar-refractivity contribution < 1.29 is 24.4 Å². The second-order valence-electron chi connectivity index (χ2n) is 5.54. The molecule has 1 amide bonds. The summed E-state index contributed by atoms with van der Waals surface area (Å²) < 4.78 is 11.0. The maximum atomic E-state index is 11.5. The lowest BCUT2D eigenvalue weighted by atomic mass is 9.98. The first-order chi connectivity index (χ1) is 10.3. The third kappa shape index (κ3) is 8.29. The van der Waals surface area contributed by atoms with E-state index in [-0.39, 0.29) is 6.42 Å². The zero-order valence-corrected chi connectivity index (χ0v) is 13.6. The number of benzene rings is 1. The number of aryl methyl sites for hydroxylation is 1. The number of hydrogen-bond acceptors (Lipinski definition) is 4. The molecule has 0 heterocycles. The van der Waals surface area contributed by atoms with Gasteiger partial charge in [-0.25, -0.2) is 5.06 Å². The van der Waals surface area contributed by atoms with Crippen LogP contribution in [0.5, 0.6) is 0 Å². The summed E-state index contributed by atoms with van der Waals surface area (Å²) in [6.45, 7) is 0. The fourth-order valence-electron chi connectivity index (χ4n) is 2.37. The highest BCUT2D eigenvalue weighted by Gasteiger charge is 2.20. The van der Waals surface area contributed by atoms with E-state index in [0.717, 1.165) is 19.3 Å².